The fourth-order valence-electron chi connectivity index (χ4n) is 5.19. The summed E-state index contributed by atoms with van der Waals surface area (Å²) in [6, 6.07) is 11.6. The number of halogens is 1. The maximum atomic E-state index is 12.6. The van der Waals surface area contributed by atoms with Crippen LogP contribution in [0.4, 0.5) is 5.95 Å². The number of aliphatic carboxylic acids is 1. The Morgan fingerprint density at radius 3 is 2.55 bits per heavy atom. The summed E-state index contributed by atoms with van der Waals surface area (Å²) in [5, 5.41) is 11.6. The monoisotopic (exact) mass is 579 g/mol. The molecule has 210 valence electrons. The van der Waals surface area contributed by atoms with Crippen molar-refractivity contribution in [1.82, 2.24) is 19.9 Å². The van der Waals surface area contributed by atoms with Crippen molar-refractivity contribution in [3.63, 3.8) is 0 Å². The van der Waals surface area contributed by atoms with Gasteiger partial charge in [-0.2, -0.15) is 0 Å². The molecule has 0 saturated carbocycles. The van der Waals surface area contributed by atoms with E-state index in [0.717, 1.165) is 57.2 Å². The summed E-state index contributed by atoms with van der Waals surface area (Å²) in [5.74, 6) is -0.351. The Labute approximate surface area is 243 Å². The molecular weight excluding hydrogens is 546 g/mol. The number of ether oxygens (including phenoxy) is 1. The fourth-order valence-corrected chi connectivity index (χ4v) is 6.41. The van der Waals surface area contributed by atoms with Crippen LogP contribution in [0.2, 0.25) is 5.02 Å². The highest BCUT2D eigenvalue weighted by Gasteiger charge is 2.32. The van der Waals surface area contributed by atoms with Crippen LogP contribution in [0.5, 0.6) is 0 Å². The zero-order chi connectivity index (χ0) is 28.8. The predicted molar refractivity (Wildman–Crippen MR) is 161 cm³/mol. The molecule has 0 amide bonds. The van der Waals surface area contributed by atoms with Crippen LogP contribution in [0.3, 0.4) is 0 Å². The van der Waals surface area contributed by atoms with Crippen molar-refractivity contribution in [3.8, 4) is 21.8 Å². The van der Waals surface area contributed by atoms with Gasteiger partial charge in [0, 0.05) is 48.0 Å². The van der Waals surface area contributed by atoms with Gasteiger partial charge in [-0.1, -0.05) is 23.7 Å². The minimum Gasteiger partial charge on any atom is -0.479 e. The first-order valence-electron chi connectivity index (χ1n) is 13.3. The third kappa shape index (κ3) is 5.83. The number of fused-ring (bicyclic) bond motifs is 1. The fraction of sp³-hybridized carbons (Fsp3) is 0.400. The molecule has 4 aromatic rings. The Hall–Kier alpha value is -3.11. The van der Waals surface area contributed by atoms with Gasteiger partial charge >= 0.3 is 5.97 Å². The highest BCUT2D eigenvalue weighted by Crippen LogP contribution is 2.44. The summed E-state index contributed by atoms with van der Waals surface area (Å²) in [6.45, 7) is 12.4. The molecule has 0 spiro atoms. The SMILES string of the molecule is Cc1cc2nc(-c3ccnc(N4CCN(C)C[C@@H]4C)n3)sc2c(-c2ccc(Cl)cc2)c1C(OC(C)(C)C)C(=O)O. The second-order valence-corrected chi connectivity index (χ2v) is 12.8. The van der Waals surface area contributed by atoms with E-state index in [1.54, 1.807) is 6.20 Å². The number of anilines is 1. The van der Waals surface area contributed by atoms with Crippen molar-refractivity contribution in [3.05, 3.63) is 58.7 Å². The number of carboxylic acids is 1. The molecule has 10 heteroatoms. The normalized spacial score (nSPS) is 17.4. The largest absolute Gasteiger partial charge is 0.479 e. The first-order valence-corrected chi connectivity index (χ1v) is 14.5. The zero-order valence-corrected chi connectivity index (χ0v) is 25.2. The number of carboxylic acid groups (broad SMARTS) is 1. The molecule has 1 fully saturated rings. The van der Waals surface area contributed by atoms with Gasteiger partial charge in [-0.05, 0) is 77.1 Å². The second-order valence-electron chi connectivity index (χ2n) is 11.4. The molecule has 40 heavy (non-hydrogen) atoms. The van der Waals surface area contributed by atoms with Gasteiger partial charge in [0.1, 0.15) is 10.7 Å². The Morgan fingerprint density at radius 2 is 1.90 bits per heavy atom. The number of hydrogen-bond donors (Lipinski definition) is 1. The number of nitrogens with zero attached hydrogens (tertiary/aromatic N) is 5. The van der Waals surface area contributed by atoms with Gasteiger partial charge in [0.05, 0.1) is 15.8 Å². The van der Waals surface area contributed by atoms with Crippen molar-refractivity contribution in [2.75, 3.05) is 31.6 Å². The summed E-state index contributed by atoms with van der Waals surface area (Å²) in [4.78, 5) is 31.6. The summed E-state index contributed by atoms with van der Waals surface area (Å²) in [6.07, 6.45) is 0.619. The molecule has 0 bridgehead atoms. The summed E-state index contributed by atoms with van der Waals surface area (Å²) < 4.78 is 6.99. The van der Waals surface area contributed by atoms with E-state index in [1.807, 2.05) is 64.1 Å². The number of benzene rings is 2. The Bertz CT molecular complexity index is 1550. The topological polar surface area (TPSA) is 91.7 Å². The Balaban J connectivity index is 1.68. The predicted octanol–water partition coefficient (Wildman–Crippen LogP) is 6.46. The average Bonchev–Trinajstić information content (AvgIpc) is 3.30. The minimum atomic E-state index is -1.16. The Kier molecular flexibility index (Phi) is 7.85. The van der Waals surface area contributed by atoms with Gasteiger partial charge in [-0.3, -0.25) is 0 Å². The number of rotatable bonds is 6. The lowest BCUT2D eigenvalue weighted by atomic mass is 9.91. The first-order chi connectivity index (χ1) is 18.9. The van der Waals surface area contributed by atoms with E-state index in [1.165, 1.54) is 11.3 Å². The van der Waals surface area contributed by atoms with Crippen LogP contribution in [0.15, 0.2) is 42.6 Å². The maximum absolute atomic E-state index is 12.6. The van der Waals surface area contributed by atoms with E-state index in [0.29, 0.717) is 22.6 Å². The third-order valence-electron chi connectivity index (χ3n) is 6.97. The lowest BCUT2D eigenvalue weighted by Crippen LogP contribution is -2.51. The van der Waals surface area contributed by atoms with Gasteiger partial charge in [-0.15, -0.1) is 11.3 Å². The molecule has 2 atom stereocenters. The molecule has 1 saturated heterocycles. The minimum absolute atomic E-state index is 0.293. The van der Waals surface area contributed by atoms with E-state index in [2.05, 4.69) is 28.8 Å². The van der Waals surface area contributed by atoms with Crippen molar-refractivity contribution in [1.29, 1.82) is 0 Å². The first kappa shape index (κ1) is 28.4. The number of hydrogen-bond acceptors (Lipinski definition) is 8. The maximum Gasteiger partial charge on any atom is 0.337 e. The van der Waals surface area contributed by atoms with Crippen molar-refractivity contribution in [2.45, 2.75) is 52.4 Å². The van der Waals surface area contributed by atoms with Crippen molar-refractivity contribution in [2.24, 2.45) is 0 Å². The molecule has 1 aliphatic rings. The van der Waals surface area contributed by atoms with Crippen LogP contribution in [-0.2, 0) is 9.53 Å². The molecule has 0 aliphatic carbocycles. The zero-order valence-electron chi connectivity index (χ0n) is 23.6. The molecule has 1 aliphatic heterocycles. The average molecular weight is 580 g/mol. The van der Waals surface area contributed by atoms with E-state index < -0.39 is 17.7 Å². The molecule has 1 unspecified atom stereocenters. The Morgan fingerprint density at radius 1 is 1.18 bits per heavy atom. The van der Waals surface area contributed by atoms with E-state index in [9.17, 15) is 9.90 Å². The van der Waals surface area contributed by atoms with E-state index >= 15 is 0 Å². The molecule has 0 radical (unpaired) electrons. The number of thiazole rings is 1. The lowest BCUT2D eigenvalue weighted by Gasteiger charge is -2.38. The van der Waals surface area contributed by atoms with Crippen LogP contribution < -0.4 is 4.90 Å². The number of likely N-dealkylation sites (N-methyl/N-ethyl adjacent to an activating group) is 1. The van der Waals surface area contributed by atoms with Crippen LogP contribution in [0, 0.1) is 6.92 Å². The van der Waals surface area contributed by atoms with Gasteiger partial charge < -0.3 is 19.6 Å². The molecule has 2 aromatic carbocycles. The van der Waals surface area contributed by atoms with Gasteiger partial charge in [0.15, 0.2) is 6.10 Å². The summed E-state index contributed by atoms with van der Waals surface area (Å²) in [7, 11) is 2.13. The molecule has 3 heterocycles. The molecular formula is C30H34ClN5O3S. The van der Waals surface area contributed by atoms with Crippen LogP contribution >= 0.6 is 22.9 Å². The number of piperazine rings is 1. The lowest BCUT2D eigenvalue weighted by molar-refractivity contribution is -0.160. The number of carbonyl (C=O) groups is 1. The molecule has 2 aromatic heterocycles. The van der Waals surface area contributed by atoms with Crippen molar-refractivity contribution < 1.29 is 14.6 Å². The highest BCUT2D eigenvalue weighted by molar-refractivity contribution is 7.22. The van der Waals surface area contributed by atoms with Gasteiger partial charge in [0.25, 0.3) is 0 Å². The third-order valence-corrected chi connectivity index (χ3v) is 8.33. The summed E-state index contributed by atoms with van der Waals surface area (Å²) >= 11 is 7.71. The van der Waals surface area contributed by atoms with Crippen LogP contribution in [0.25, 0.3) is 32.0 Å². The van der Waals surface area contributed by atoms with Gasteiger partial charge in [0.2, 0.25) is 5.95 Å². The van der Waals surface area contributed by atoms with Crippen LogP contribution in [-0.4, -0.2) is 69.3 Å². The smallest absolute Gasteiger partial charge is 0.337 e. The second kappa shape index (κ2) is 11.0. The standard InChI is InChI=1S/C30H34ClN5O3S/c1-17-15-22-26(24(19-7-9-20(31)10-8-19)23(17)25(28(37)38)39-30(3,4)5)40-27(33-22)21-11-12-32-29(34-21)36-14-13-35(6)16-18(36)2/h7-12,15,18,25H,13-14,16H2,1-6H3,(H,37,38)/t18-,25?/m0/s1. The van der Waals surface area contributed by atoms with E-state index in [-0.39, 0.29) is 0 Å². The van der Waals surface area contributed by atoms with Gasteiger partial charge in [-0.25, -0.2) is 19.7 Å². The number of aryl methyl sites for hydroxylation is 1. The van der Waals surface area contributed by atoms with E-state index in [4.69, 9.17) is 26.3 Å². The quantitative estimate of drug-likeness (QED) is 0.278. The summed E-state index contributed by atoms with van der Waals surface area (Å²) in [5.41, 5.74) is 3.88. The molecule has 1 N–H and O–H groups in total. The molecule has 5 rings (SSSR count). The molecule has 8 nitrogen and oxygen atoms in total. The van der Waals surface area contributed by atoms with Crippen LogP contribution in [0.1, 0.15) is 44.9 Å². The highest BCUT2D eigenvalue weighted by atomic mass is 35.5. The number of aromatic nitrogens is 3. The van der Waals surface area contributed by atoms with Crippen molar-refractivity contribution >= 4 is 45.1 Å².